The van der Waals surface area contributed by atoms with Crippen molar-refractivity contribution in [3.8, 4) is 11.6 Å². The predicted molar refractivity (Wildman–Crippen MR) is 94.8 cm³/mol. The Morgan fingerprint density at radius 2 is 1.87 bits per heavy atom. The van der Waals surface area contributed by atoms with E-state index in [0.717, 1.165) is 37.1 Å². The van der Waals surface area contributed by atoms with Crippen LogP contribution in [0, 0.1) is 12.7 Å². The fourth-order valence-electron chi connectivity index (χ4n) is 2.77. The van der Waals surface area contributed by atoms with Crippen molar-refractivity contribution >= 4 is 24.8 Å². The van der Waals surface area contributed by atoms with Crippen molar-refractivity contribution in [2.24, 2.45) is 0 Å². The minimum Gasteiger partial charge on any atom is -0.435 e. The number of ether oxygens (including phenoxy) is 1. The third kappa shape index (κ3) is 4.56. The van der Waals surface area contributed by atoms with Crippen LogP contribution in [0.4, 0.5) is 4.39 Å². The molecule has 1 aromatic carbocycles. The molecule has 0 radical (unpaired) electrons. The fourth-order valence-corrected chi connectivity index (χ4v) is 2.77. The number of hydrogen-bond acceptors (Lipinski definition) is 3. The average molecular weight is 359 g/mol. The Labute approximate surface area is 148 Å². The van der Waals surface area contributed by atoms with Gasteiger partial charge in [0.1, 0.15) is 0 Å². The van der Waals surface area contributed by atoms with Crippen molar-refractivity contribution in [3.05, 3.63) is 53.5 Å². The van der Waals surface area contributed by atoms with E-state index in [0.29, 0.717) is 11.8 Å². The molecule has 1 aromatic heterocycles. The topological polar surface area (TPSA) is 34.1 Å². The van der Waals surface area contributed by atoms with Crippen LogP contribution in [0.1, 0.15) is 29.9 Å². The zero-order valence-electron chi connectivity index (χ0n) is 12.9. The Kier molecular flexibility index (Phi) is 7.76. The molecular formula is C17H21Cl2FN2O. The van der Waals surface area contributed by atoms with Gasteiger partial charge in [-0.05, 0) is 56.5 Å². The first-order valence-electron chi connectivity index (χ1n) is 7.34. The average Bonchev–Trinajstić information content (AvgIpc) is 2.52. The SMILES string of the molecule is Cc1cccc(F)c1Oc1ncccc1C1CCNCC1.Cl.Cl. The third-order valence-electron chi connectivity index (χ3n) is 3.94. The number of aryl methyl sites for hydroxylation is 1. The number of halogens is 3. The summed E-state index contributed by atoms with van der Waals surface area (Å²) in [5.74, 6) is 0.864. The van der Waals surface area contributed by atoms with E-state index >= 15 is 0 Å². The molecule has 1 fully saturated rings. The van der Waals surface area contributed by atoms with E-state index in [4.69, 9.17) is 4.74 Å². The Hall–Kier alpha value is -1.36. The quantitative estimate of drug-likeness (QED) is 0.868. The molecule has 0 unspecified atom stereocenters. The zero-order chi connectivity index (χ0) is 14.7. The Balaban J connectivity index is 0.00000132. The summed E-state index contributed by atoms with van der Waals surface area (Å²) in [4.78, 5) is 4.32. The molecule has 3 rings (SSSR count). The van der Waals surface area contributed by atoms with Gasteiger partial charge in [-0.15, -0.1) is 24.8 Å². The summed E-state index contributed by atoms with van der Waals surface area (Å²) >= 11 is 0. The van der Waals surface area contributed by atoms with E-state index < -0.39 is 0 Å². The highest BCUT2D eigenvalue weighted by Crippen LogP contribution is 2.35. The van der Waals surface area contributed by atoms with Crippen LogP contribution in [-0.4, -0.2) is 18.1 Å². The van der Waals surface area contributed by atoms with Gasteiger partial charge in [0.2, 0.25) is 5.88 Å². The first kappa shape index (κ1) is 19.7. The molecule has 126 valence electrons. The lowest BCUT2D eigenvalue weighted by Crippen LogP contribution is -2.26. The minimum atomic E-state index is -0.350. The van der Waals surface area contributed by atoms with Crippen LogP contribution in [0.2, 0.25) is 0 Å². The number of piperidine rings is 1. The maximum Gasteiger partial charge on any atom is 0.222 e. The monoisotopic (exact) mass is 358 g/mol. The van der Waals surface area contributed by atoms with Gasteiger partial charge in [-0.2, -0.15) is 0 Å². The zero-order valence-corrected chi connectivity index (χ0v) is 14.6. The molecule has 0 aliphatic carbocycles. The smallest absolute Gasteiger partial charge is 0.222 e. The molecule has 1 N–H and O–H groups in total. The lowest BCUT2D eigenvalue weighted by atomic mass is 9.91. The lowest BCUT2D eigenvalue weighted by molar-refractivity contribution is 0.399. The molecule has 0 atom stereocenters. The van der Waals surface area contributed by atoms with Crippen molar-refractivity contribution in [3.63, 3.8) is 0 Å². The lowest BCUT2D eigenvalue weighted by Gasteiger charge is -2.24. The Morgan fingerprint density at radius 3 is 2.57 bits per heavy atom. The molecule has 0 spiro atoms. The first-order valence-corrected chi connectivity index (χ1v) is 7.34. The van der Waals surface area contributed by atoms with Crippen LogP contribution in [0.15, 0.2) is 36.5 Å². The summed E-state index contributed by atoms with van der Waals surface area (Å²) in [6.45, 7) is 3.83. The van der Waals surface area contributed by atoms with Gasteiger partial charge in [0.05, 0.1) is 0 Å². The van der Waals surface area contributed by atoms with E-state index in [2.05, 4.69) is 10.3 Å². The number of nitrogens with one attached hydrogen (secondary N) is 1. The van der Waals surface area contributed by atoms with E-state index in [1.54, 1.807) is 12.3 Å². The van der Waals surface area contributed by atoms with Crippen molar-refractivity contribution in [2.45, 2.75) is 25.7 Å². The molecule has 6 heteroatoms. The molecule has 0 saturated carbocycles. The second kappa shape index (κ2) is 9.06. The second-order valence-electron chi connectivity index (χ2n) is 5.41. The maximum atomic E-state index is 13.9. The molecule has 3 nitrogen and oxygen atoms in total. The highest BCUT2D eigenvalue weighted by Gasteiger charge is 2.21. The number of para-hydroxylation sites is 1. The summed E-state index contributed by atoms with van der Waals surface area (Å²) < 4.78 is 19.8. The fraction of sp³-hybridized carbons (Fsp3) is 0.353. The molecule has 2 heterocycles. The summed E-state index contributed by atoms with van der Waals surface area (Å²) in [5.41, 5.74) is 1.85. The second-order valence-corrected chi connectivity index (χ2v) is 5.41. The highest BCUT2D eigenvalue weighted by molar-refractivity contribution is 5.85. The molecule has 1 aliphatic rings. The predicted octanol–water partition coefficient (Wildman–Crippen LogP) is 4.63. The Bertz CT molecular complexity index is 613. The van der Waals surface area contributed by atoms with Gasteiger partial charge in [-0.25, -0.2) is 9.37 Å². The van der Waals surface area contributed by atoms with E-state index in [1.165, 1.54) is 6.07 Å². The van der Waals surface area contributed by atoms with Crippen molar-refractivity contribution in [2.75, 3.05) is 13.1 Å². The first-order chi connectivity index (χ1) is 10.3. The van der Waals surface area contributed by atoms with Crippen LogP contribution < -0.4 is 10.1 Å². The number of rotatable bonds is 3. The molecule has 1 aliphatic heterocycles. The van der Waals surface area contributed by atoms with Crippen molar-refractivity contribution in [1.82, 2.24) is 10.3 Å². The van der Waals surface area contributed by atoms with Crippen LogP contribution in [0.3, 0.4) is 0 Å². The maximum absolute atomic E-state index is 13.9. The molecule has 0 amide bonds. The third-order valence-corrected chi connectivity index (χ3v) is 3.94. The molecular weight excluding hydrogens is 338 g/mol. The summed E-state index contributed by atoms with van der Waals surface area (Å²) in [7, 11) is 0. The molecule has 2 aromatic rings. The molecule has 23 heavy (non-hydrogen) atoms. The molecule has 1 saturated heterocycles. The standard InChI is InChI=1S/C17H19FN2O.2ClH/c1-12-4-2-6-15(18)16(12)21-17-14(5-3-9-20-17)13-7-10-19-11-8-13;;/h2-6,9,13,19H,7-8,10-11H2,1H3;2*1H. The van der Waals surface area contributed by atoms with Crippen LogP contribution in [-0.2, 0) is 0 Å². The number of hydrogen-bond donors (Lipinski definition) is 1. The van der Waals surface area contributed by atoms with Crippen LogP contribution >= 0.6 is 24.8 Å². The van der Waals surface area contributed by atoms with Crippen molar-refractivity contribution in [1.29, 1.82) is 0 Å². The van der Waals surface area contributed by atoms with Gasteiger partial charge in [0, 0.05) is 11.8 Å². The number of pyridine rings is 1. The van der Waals surface area contributed by atoms with Gasteiger partial charge in [-0.1, -0.05) is 18.2 Å². The van der Waals surface area contributed by atoms with Crippen molar-refractivity contribution < 1.29 is 9.13 Å². The summed E-state index contributed by atoms with van der Waals surface area (Å²) in [6, 6.07) is 8.89. The summed E-state index contributed by atoms with van der Waals surface area (Å²) in [6.07, 6.45) is 3.80. The van der Waals surface area contributed by atoms with Crippen LogP contribution in [0.5, 0.6) is 11.6 Å². The minimum absolute atomic E-state index is 0. The van der Waals surface area contributed by atoms with E-state index in [1.807, 2.05) is 25.1 Å². The number of aromatic nitrogens is 1. The van der Waals surface area contributed by atoms with E-state index in [-0.39, 0.29) is 36.4 Å². The van der Waals surface area contributed by atoms with Gasteiger partial charge >= 0.3 is 0 Å². The summed E-state index contributed by atoms with van der Waals surface area (Å²) in [5, 5.41) is 3.35. The van der Waals surface area contributed by atoms with Crippen LogP contribution in [0.25, 0.3) is 0 Å². The largest absolute Gasteiger partial charge is 0.435 e. The normalized spacial score (nSPS) is 14.5. The number of nitrogens with zero attached hydrogens (tertiary/aromatic N) is 1. The van der Waals surface area contributed by atoms with Gasteiger partial charge in [0.15, 0.2) is 11.6 Å². The van der Waals surface area contributed by atoms with Gasteiger partial charge in [-0.3, -0.25) is 0 Å². The number of benzene rings is 1. The van der Waals surface area contributed by atoms with E-state index in [9.17, 15) is 4.39 Å². The van der Waals surface area contributed by atoms with Gasteiger partial charge in [0.25, 0.3) is 0 Å². The Morgan fingerprint density at radius 1 is 1.13 bits per heavy atom. The highest BCUT2D eigenvalue weighted by atomic mass is 35.5. The van der Waals surface area contributed by atoms with Gasteiger partial charge < -0.3 is 10.1 Å². The molecule has 0 bridgehead atoms.